The van der Waals surface area contributed by atoms with Gasteiger partial charge in [-0.1, -0.05) is 0 Å². The molecule has 1 aliphatic heterocycles. The van der Waals surface area contributed by atoms with E-state index in [1.807, 2.05) is 13.8 Å². The van der Waals surface area contributed by atoms with Crippen LogP contribution in [0, 0.1) is 0 Å². The van der Waals surface area contributed by atoms with Gasteiger partial charge < -0.3 is 14.1 Å². The average molecular weight is 377 g/mol. The van der Waals surface area contributed by atoms with Gasteiger partial charge in [0.25, 0.3) is 5.91 Å². The molecule has 1 saturated heterocycles. The summed E-state index contributed by atoms with van der Waals surface area (Å²) in [5, 5.41) is 0. The lowest BCUT2D eigenvalue weighted by Crippen LogP contribution is -2.40. The minimum atomic E-state index is -3.10. The first-order valence-corrected chi connectivity index (χ1v) is 10.5. The Kier molecular flexibility index (Phi) is 5.36. The van der Waals surface area contributed by atoms with E-state index in [2.05, 4.69) is 0 Å². The normalized spacial score (nSPS) is 18.8. The highest BCUT2D eigenvalue weighted by atomic mass is 32.2. The van der Waals surface area contributed by atoms with Crippen LogP contribution in [0.15, 0.2) is 47.1 Å². The van der Waals surface area contributed by atoms with Gasteiger partial charge in [0.05, 0.1) is 30.4 Å². The molecule has 140 valence electrons. The van der Waals surface area contributed by atoms with Crippen molar-refractivity contribution in [2.24, 2.45) is 0 Å². The highest BCUT2D eigenvalue weighted by molar-refractivity contribution is 7.91. The third-order valence-corrected chi connectivity index (χ3v) is 6.04. The minimum absolute atomic E-state index is 0.00596. The Labute approximate surface area is 153 Å². The highest BCUT2D eigenvalue weighted by Crippen LogP contribution is 2.23. The maximum absolute atomic E-state index is 13.1. The van der Waals surface area contributed by atoms with E-state index < -0.39 is 9.84 Å². The number of amides is 1. The zero-order chi connectivity index (χ0) is 18.7. The number of ether oxygens (including phenoxy) is 1. The summed E-state index contributed by atoms with van der Waals surface area (Å²) in [5.41, 5.74) is 0.497. The molecule has 0 unspecified atom stereocenters. The Morgan fingerprint density at radius 1 is 1.27 bits per heavy atom. The van der Waals surface area contributed by atoms with Gasteiger partial charge in [-0.05, 0) is 56.7 Å². The van der Waals surface area contributed by atoms with Gasteiger partial charge in [-0.15, -0.1) is 0 Å². The standard InChI is InChI=1S/C19H23NO5S/c1-14(2)25-17-7-5-15(6-8-17)19(21)20(12-18-4-3-10-24-18)16-9-11-26(22,23)13-16/h3-8,10,14,16H,9,11-13H2,1-2H3/t16-/m0/s1. The highest BCUT2D eigenvalue weighted by Gasteiger charge is 2.35. The summed E-state index contributed by atoms with van der Waals surface area (Å²) in [6, 6.07) is 10.1. The molecule has 6 nitrogen and oxygen atoms in total. The van der Waals surface area contributed by atoms with Crippen molar-refractivity contribution >= 4 is 15.7 Å². The van der Waals surface area contributed by atoms with Crippen molar-refractivity contribution in [2.75, 3.05) is 11.5 Å². The SMILES string of the molecule is CC(C)Oc1ccc(C(=O)N(Cc2ccco2)[C@H]2CCS(=O)(=O)C2)cc1. The molecule has 0 radical (unpaired) electrons. The zero-order valence-corrected chi connectivity index (χ0v) is 15.7. The van der Waals surface area contributed by atoms with E-state index in [0.29, 0.717) is 23.5 Å². The van der Waals surface area contributed by atoms with Gasteiger partial charge in [0.1, 0.15) is 11.5 Å². The minimum Gasteiger partial charge on any atom is -0.491 e. The van der Waals surface area contributed by atoms with E-state index >= 15 is 0 Å². The molecular formula is C19H23NO5S. The maximum Gasteiger partial charge on any atom is 0.254 e. The molecule has 0 bridgehead atoms. The molecule has 1 aliphatic rings. The lowest BCUT2D eigenvalue weighted by atomic mass is 10.1. The molecule has 1 amide bonds. The molecule has 2 heterocycles. The van der Waals surface area contributed by atoms with Crippen molar-refractivity contribution in [1.82, 2.24) is 4.90 Å². The third-order valence-electron chi connectivity index (χ3n) is 4.29. The maximum atomic E-state index is 13.1. The van der Waals surface area contributed by atoms with Crippen LogP contribution in [0.2, 0.25) is 0 Å². The fourth-order valence-corrected chi connectivity index (χ4v) is 4.80. The second-order valence-electron chi connectivity index (χ2n) is 6.76. The largest absolute Gasteiger partial charge is 0.491 e. The molecule has 2 aromatic rings. The van der Waals surface area contributed by atoms with Gasteiger partial charge in [0.2, 0.25) is 0 Å². The molecule has 0 N–H and O–H groups in total. The first kappa shape index (κ1) is 18.5. The van der Waals surface area contributed by atoms with E-state index in [-0.39, 0.29) is 36.1 Å². The Bertz CT molecular complexity index is 841. The number of nitrogens with zero attached hydrogens (tertiary/aromatic N) is 1. The summed E-state index contributed by atoms with van der Waals surface area (Å²) in [4.78, 5) is 14.7. The van der Waals surface area contributed by atoms with Gasteiger partial charge in [0.15, 0.2) is 9.84 Å². The van der Waals surface area contributed by atoms with Crippen molar-refractivity contribution in [2.45, 2.75) is 39.0 Å². The van der Waals surface area contributed by atoms with E-state index in [1.165, 1.54) is 0 Å². The molecule has 7 heteroatoms. The van der Waals surface area contributed by atoms with Crippen LogP contribution in [-0.4, -0.2) is 42.9 Å². The summed E-state index contributed by atoms with van der Waals surface area (Å²) in [7, 11) is -3.10. The first-order chi connectivity index (χ1) is 12.3. The van der Waals surface area contributed by atoms with Crippen LogP contribution in [0.5, 0.6) is 5.75 Å². The Hall–Kier alpha value is -2.28. The van der Waals surface area contributed by atoms with Crippen LogP contribution >= 0.6 is 0 Å². The van der Waals surface area contributed by atoms with Crippen LogP contribution in [0.1, 0.15) is 36.4 Å². The van der Waals surface area contributed by atoms with Crippen molar-refractivity contribution in [3.8, 4) is 5.75 Å². The second-order valence-corrected chi connectivity index (χ2v) is 8.99. The summed E-state index contributed by atoms with van der Waals surface area (Å²) in [6.07, 6.45) is 2.04. The molecule has 1 atom stereocenters. The molecule has 0 saturated carbocycles. The molecule has 1 aromatic heterocycles. The smallest absolute Gasteiger partial charge is 0.254 e. The summed E-state index contributed by atoms with van der Waals surface area (Å²) in [6.45, 7) is 4.12. The number of hydrogen-bond acceptors (Lipinski definition) is 5. The lowest BCUT2D eigenvalue weighted by molar-refractivity contribution is 0.0666. The van der Waals surface area contributed by atoms with Gasteiger partial charge in [0, 0.05) is 11.6 Å². The van der Waals surface area contributed by atoms with Crippen molar-refractivity contribution < 1.29 is 22.4 Å². The summed E-state index contributed by atoms with van der Waals surface area (Å²) < 4.78 is 34.7. The number of furan rings is 1. The first-order valence-electron chi connectivity index (χ1n) is 8.64. The number of hydrogen-bond donors (Lipinski definition) is 0. The number of sulfone groups is 1. The Morgan fingerprint density at radius 2 is 2.00 bits per heavy atom. The molecule has 26 heavy (non-hydrogen) atoms. The van der Waals surface area contributed by atoms with E-state index in [0.717, 1.165) is 0 Å². The Morgan fingerprint density at radius 3 is 2.54 bits per heavy atom. The fraction of sp³-hybridized carbons (Fsp3) is 0.421. The number of carbonyl (C=O) groups excluding carboxylic acids is 1. The van der Waals surface area contributed by atoms with Crippen LogP contribution in [0.3, 0.4) is 0 Å². The van der Waals surface area contributed by atoms with Crippen LogP contribution in [0.4, 0.5) is 0 Å². The van der Waals surface area contributed by atoms with Crippen molar-refractivity contribution in [3.05, 3.63) is 54.0 Å². The predicted octanol–water partition coefficient (Wildman–Crippen LogP) is 2.90. The molecule has 1 aromatic carbocycles. The average Bonchev–Trinajstić information content (AvgIpc) is 3.21. The second kappa shape index (κ2) is 7.53. The van der Waals surface area contributed by atoms with Gasteiger partial charge in [-0.2, -0.15) is 0 Å². The molecule has 0 aliphatic carbocycles. The molecule has 3 rings (SSSR count). The Balaban J connectivity index is 1.82. The number of benzene rings is 1. The van der Waals surface area contributed by atoms with E-state index in [4.69, 9.17) is 9.15 Å². The zero-order valence-electron chi connectivity index (χ0n) is 14.9. The van der Waals surface area contributed by atoms with Crippen LogP contribution in [-0.2, 0) is 16.4 Å². The van der Waals surface area contributed by atoms with Gasteiger partial charge in [-0.3, -0.25) is 4.79 Å². The predicted molar refractivity (Wildman–Crippen MR) is 97.8 cm³/mol. The van der Waals surface area contributed by atoms with Gasteiger partial charge >= 0.3 is 0 Å². The van der Waals surface area contributed by atoms with E-state index in [9.17, 15) is 13.2 Å². The summed E-state index contributed by atoms with van der Waals surface area (Å²) in [5.74, 6) is 1.22. The lowest BCUT2D eigenvalue weighted by Gasteiger charge is -2.27. The number of carbonyl (C=O) groups is 1. The van der Waals surface area contributed by atoms with Crippen molar-refractivity contribution in [3.63, 3.8) is 0 Å². The van der Waals surface area contributed by atoms with E-state index in [1.54, 1.807) is 47.6 Å². The molecular weight excluding hydrogens is 354 g/mol. The monoisotopic (exact) mass is 377 g/mol. The topological polar surface area (TPSA) is 76.8 Å². The third kappa shape index (κ3) is 4.46. The molecule has 0 spiro atoms. The fourth-order valence-electron chi connectivity index (χ4n) is 3.07. The van der Waals surface area contributed by atoms with Crippen molar-refractivity contribution in [1.29, 1.82) is 0 Å². The van der Waals surface area contributed by atoms with Crippen LogP contribution < -0.4 is 4.74 Å². The number of rotatable bonds is 6. The quantitative estimate of drug-likeness (QED) is 0.774. The van der Waals surface area contributed by atoms with Gasteiger partial charge in [-0.25, -0.2) is 8.42 Å². The summed E-state index contributed by atoms with van der Waals surface area (Å²) >= 11 is 0. The van der Waals surface area contributed by atoms with Crippen LogP contribution in [0.25, 0.3) is 0 Å². The molecule has 1 fully saturated rings.